The normalized spacial score (nSPS) is 46.3. The molecule has 140 valence electrons. The lowest BCUT2D eigenvalue weighted by Gasteiger charge is -2.43. The molecular weight excluding hydrogens is 351 g/mol. The molecule has 0 amide bonds. The van der Waals surface area contributed by atoms with Gasteiger partial charge >= 0.3 is 0 Å². The summed E-state index contributed by atoms with van der Waals surface area (Å²) in [7, 11) is 0. The number of aliphatic hydroxyl groups excluding tert-OH is 1. The molecule has 0 saturated heterocycles. The topological polar surface area (TPSA) is 54.4 Å². The molecule has 0 aromatic carbocycles. The number of halogens is 1. The van der Waals surface area contributed by atoms with Gasteiger partial charge in [0.2, 0.25) is 0 Å². The zero-order chi connectivity index (χ0) is 18.9. The number of carbonyl (C=O) groups excluding carboxylic acids is 2. The maximum Gasteiger partial charge on any atom is 0.189 e. The second-order valence-electron chi connectivity index (χ2n) is 8.73. The van der Waals surface area contributed by atoms with Crippen LogP contribution in [0.3, 0.4) is 0 Å². The van der Waals surface area contributed by atoms with E-state index in [2.05, 4.69) is 32.6 Å². The Morgan fingerprint density at radius 2 is 2.12 bits per heavy atom. The minimum Gasteiger partial charge on any atom is -0.396 e. The van der Waals surface area contributed by atoms with Crippen molar-refractivity contribution in [2.24, 2.45) is 34.5 Å². The summed E-state index contributed by atoms with van der Waals surface area (Å²) in [6.07, 6.45) is 7.47. The van der Waals surface area contributed by atoms with Crippen molar-refractivity contribution < 1.29 is 19.1 Å². The highest BCUT2D eigenvalue weighted by Crippen LogP contribution is 2.68. The first-order valence-electron chi connectivity index (χ1n) is 9.41. The molecule has 0 bridgehead atoms. The summed E-state index contributed by atoms with van der Waals surface area (Å²) in [5.74, 6) is -0.0438. The van der Waals surface area contributed by atoms with Crippen LogP contribution in [0.25, 0.3) is 0 Å². The fourth-order valence-electron chi connectivity index (χ4n) is 6.27. The molecule has 7 atom stereocenters. The number of carbonyl (C=O) groups is 2. The van der Waals surface area contributed by atoms with Crippen molar-refractivity contribution in [3.8, 4) is 0 Å². The summed E-state index contributed by atoms with van der Waals surface area (Å²) in [5.41, 5.74) is 0.892. The van der Waals surface area contributed by atoms with Crippen LogP contribution in [0.5, 0.6) is 0 Å². The largest absolute Gasteiger partial charge is 0.396 e. The molecule has 5 heteroatoms. The minimum atomic E-state index is -1.14. The summed E-state index contributed by atoms with van der Waals surface area (Å²) in [5, 5.41) is 9.52. The van der Waals surface area contributed by atoms with E-state index in [1.165, 1.54) is 17.7 Å². The lowest BCUT2D eigenvalue weighted by molar-refractivity contribution is -0.119. The SMILES string of the molecule is C[C@@H]1CC(C2C[C@H](F)C3=CC(=O)C=C[C@@]34C=C24)[C@](C)(CCO)[C@H]1C(=O)S. The molecule has 4 aliphatic rings. The Kier molecular flexibility index (Phi) is 4.12. The van der Waals surface area contributed by atoms with Gasteiger partial charge in [-0.2, -0.15) is 0 Å². The lowest BCUT2D eigenvalue weighted by atomic mass is 9.61. The highest BCUT2D eigenvalue weighted by Gasteiger charge is 2.62. The molecule has 0 heterocycles. The maximum absolute atomic E-state index is 15.0. The summed E-state index contributed by atoms with van der Waals surface area (Å²) in [6, 6.07) is 0. The Morgan fingerprint density at radius 1 is 1.38 bits per heavy atom. The number of alkyl halides is 1. The highest BCUT2D eigenvalue weighted by molar-refractivity contribution is 7.96. The number of hydrogen-bond acceptors (Lipinski definition) is 3. The van der Waals surface area contributed by atoms with Gasteiger partial charge in [0.05, 0.1) is 5.41 Å². The van der Waals surface area contributed by atoms with Crippen LogP contribution in [0.4, 0.5) is 4.39 Å². The van der Waals surface area contributed by atoms with Crippen molar-refractivity contribution in [2.75, 3.05) is 6.61 Å². The van der Waals surface area contributed by atoms with E-state index in [4.69, 9.17) is 0 Å². The van der Waals surface area contributed by atoms with Crippen molar-refractivity contribution >= 4 is 23.5 Å². The van der Waals surface area contributed by atoms with E-state index in [1.807, 2.05) is 6.08 Å². The first kappa shape index (κ1) is 18.2. The van der Waals surface area contributed by atoms with Gasteiger partial charge in [-0.25, -0.2) is 4.39 Å². The average molecular weight is 376 g/mol. The lowest BCUT2D eigenvalue weighted by Crippen LogP contribution is -2.41. The molecule has 0 aliphatic heterocycles. The summed E-state index contributed by atoms with van der Waals surface area (Å²) in [6.45, 7) is 4.13. The Hall–Kier alpha value is -1.20. The van der Waals surface area contributed by atoms with E-state index in [1.54, 1.807) is 0 Å². The van der Waals surface area contributed by atoms with Gasteiger partial charge in [-0.05, 0) is 60.2 Å². The van der Waals surface area contributed by atoms with Crippen LogP contribution >= 0.6 is 12.6 Å². The van der Waals surface area contributed by atoms with E-state index < -0.39 is 17.0 Å². The molecule has 0 aromatic rings. The van der Waals surface area contributed by atoms with Gasteiger partial charge in [-0.15, -0.1) is 12.6 Å². The molecule has 2 saturated carbocycles. The van der Waals surface area contributed by atoms with Gasteiger partial charge in [-0.3, -0.25) is 9.59 Å². The minimum absolute atomic E-state index is 0.00675. The monoisotopic (exact) mass is 376 g/mol. The standard InChI is InChI=1S/C21H25FO3S/c1-11-7-14(20(2,5-6-23)18(11)19(25)26)13-9-17(22)15-8-12(24)3-4-21(15)10-16(13)21/h3-4,8,10-11,13-14,17-18,23H,5-7,9H2,1-2H3,(H,25,26)/t11-,13?,14?,17+,18-,20+,21-/m1/s1. The molecule has 2 unspecified atom stereocenters. The zero-order valence-corrected chi connectivity index (χ0v) is 16.0. The van der Waals surface area contributed by atoms with Gasteiger partial charge in [0, 0.05) is 12.5 Å². The number of ketones is 1. The van der Waals surface area contributed by atoms with Crippen LogP contribution in [-0.2, 0) is 9.59 Å². The van der Waals surface area contributed by atoms with E-state index in [0.29, 0.717) is 18.4 Å². The third-order valence-electron chi connectivity index (χ3n) is 7.42. The molecule has 0 aromatic heterocycles. The van der Waals surface area contributed by atoms with Crippen LogP contribution in [0, 0.1) is 34.5 Å². The van der Waals surface area contributed by atoms with Crippen molar-refractivity contribution in [3.63, 3.8) is 0 Å². The van der Waals surface area contributed by atoms with Crippen LogP contribution in [0.2, 0.25) is 0 Å². The second kappa shape index (κ2) is 5.90. The zero-order valence-electron chi connectivity index (χ0n) is 15.1. The molecule has 1 N–H and O–H groups in total. The smallest absolute Gasteiger partial charge is 0.189 e. The molecule has 26 heavy (non-hydrogen) atoms. The molecular formula is C21H25FO3S. The first-order chi connectivity index (χ1) is 12.2. The van der Waals surface area contributed by atoms with Gasteiger partial charge in [-0.1, -0.05) is 31.6 Å². The number of allylic oxidation sites excluding steroid dienone is 6. The molecule has 4 aliphatic carbocycles. The highest BCUT2D eigenvalue weighted by atomic mass is 32.1. The summed E-state index contributed by atoms with van der Waals surface area (Å²) >= 11 is 4.13. The Bertz CT molecular complexity index is 769. The van der Waals surface area contributed by atoms with Crippen molar-refractivity contribution in [1.82, 2.24) is 0 Å². The van der Waals surface area contributed by atoms with E-state index in [0.717, 1.165) is 6.42 Å². The maximum atomic E-state index is 15.0. The Morgan fingerprint density at radius 3 is 2.77 bits per heavy atom. The molecule has 1 spiro atoms. The van der Waals surface area contributed by atoms with E-state index in [9.17, 15) is 14.7 Å². The summed E-state index contributed by atoms with van der Waals surface area (Å²) in [4.78, 5) is 23.9. The quantitative estimate of drug-likeness (QED) is 0.584. The number of rotatable bonds is 4. The fourth-order valence-corrected chi connectivity index (χ4v) is 6.82. The van der Waals surface area contributed by atoms with E-state index >= 15 is 4.39 Å². The predicted molar refractivity (Wildman–Crippen MR) is 100 cm³/mol. The third kappa shape index (κ3) is 2.36. The van der Waals surface area contributed by atoms with Crippen LogP contribution < -0.4 is 0 Å². The van der Waals surface area contributed by atoms with Crippen LogP contribution in [0.1, 0.15) is 33.1 Å². The first-order valence-corrected chi connectivity index (χ1v) is 9.85. The van der Waals surface area contributed by atoms with Gasteiger partial charge in [0.15, 0.2) is 10.9 Å². The molecule has 4 rings (SSSR count). The Labute approximate surface area is 158 Å². The van der Waals surface area contributed by atoms with Crippen molar-refractivity contribution in [3.05, 3.63) is 35.5 Å². The average Bonchev–Trinajstić information content (AvgIpc) is 3.21. The van der Waals surface area contributed by atoms with Crippen LogP contribution in [-0.4, -0.2) is 28.8 Å². The number of thiol groups is 1. The van der Waals surface area contributed by atoms with Crippen molar-refractivity contribution in [2.45, 2.75) is 39.3 Å². The van der Waals surface area contributed by atoms with Gasteiger partial charge in [0.25, 0.3) is 0 Å². The van der Waals surface area contributed by atoms with Gasteiger partial charge in [0.1, 0.15) is 6.17 Å². The predicted octanol–water partition coefficient (Wildman–Crippen LogP) is 3.45. The summed E-state index contributed by atoms with van der Waals surface area (Å²) < 4.78 is 15.0. The van der Waals surface area contributed by atoms with E-state index in [-0.39, 0.29) is 41.2 Å². The van der Waals surface area contributed by atoms with Crippen molar-refractivity contribution in [1.29, 1.82) is 0 Å². The number of aliphatic hydroxyl groups is 1. The fraction of sp³-hybridized carbons (Fsp3) is 0.619. The third-order valence-corrected chi connectivity index (χ3v) is 7.69. The molecule has 3 nitrogen and oxygen atoms in total. The number of hydrogen-bond donors (Lipinski definition) is 2. The molecule has 0 radical (unpaired) electrons. The molecule has 2 fully saturated rings. The van der Waals surface area contributed by atoms with Crippen LogP contribution in [0.15, 0.2) is 35.5 Å². The second-order valence-corrected chi connectivity index (χ2v) is 9.17. The Balaban J connectivity index is 1.69. The van der Waals surface area contributed by atoms with Gasteiger partial charge < -0.3 is 5.11 Å².